The van der Waals surface area contributed by atoms with E-state index in [1.165, 1.54) is 17.7 Å². The SMILES string of the molecule is CCn1cc(C2CCN(C[C@@H](O)c3cccc(F)c3)CC2)cn1. The van der Waals surface area contributed by atoms with E-state index in [0.29, 0.717) is 18.0 Å². The molecule has 2 heterocycles. The fourth-order valence-electron chi connectivity index (χ4n) is 3.28. The third-order valence-corrected chi connectivity index (χ3v) is 4.70. The number of halogens is 1. The molecular formula is C18H24FN3O. The molecule has 1 atom stereocenters. The van der Waals surface area contributed by atoms with Crippen molar-refractivity contribution in [1.82, 2.24) is 14.7 Å². The van der Waals surface area contributed by atoms with E-state index in [2.05, 4.69) is 23.1 Å². The van der Waals surface area contributed by atoms with Gasteiger partial charge in [-0.15, -0.1) is 0 Å². The third-order valence-electron chi connectivity index (χ3n) is 4.70. The van der Waals surface area contributed by atoms with Gasteiger partial charge in [-0.1, -0.05) is 12.1 Å². The van der Waals surface area contributed by atoms with Crippen molar-refractivity contribution in [2.45, 2.75) is 38.3 Å². The first-order valence-electron chi connectivity index (χ1n) is 8.34. The Morgan fingerprint density at radius 3 is 2.78 bits per heavy atom. The van der Waals surface area contributed by atoms with Gasteiger partial charge in [-0.25, -0.2) is 4.39 Å². The summed E-state index contributed by atoms with van der Waals surface area (Å²) in [5, 5.41) is 14.6. The van der Waals surface area contributed by atoms with E-state index in [4.69, 9.17) is 0 Å². The number of aromatic nitrogens is 2. The van der Waals surface area contributed by atoms with Crippen molar-refractivity contribution in [3.05, 3.63) is 53.6 Å². The Labute approximate surface area is 136 Å². The molecule has 1 N–H and O–H groups in total. The zero-order chi connectivity index (χ0) is 16.2. The van der Waals surface area contributed by atoms with Crippen LogP contribution in [0.25, 0.3) is 0 Å². The van der Waals surface area contributed by atoms with Gasteiger partial charge in [0.2, 0.25) is 0 Å². The van der Waals surface area contributed by atoms with Crippen molar-refractivity contribution in [1.29, 1.82) is 0 Å². The van der Waals surface area contributed by atoms with Crippen molar-refractivity contribution < 1.29 is 9.50 Å². The van der Waals surface area contributed by atoms with Crippen LogP contribution in [-0.2, 0) is 6.54 Å². The summed E-state index contributed by atoms with van der Waals surface area (Å²) in [4.78, 5) is 2.26. The van der Waals surface area contributed by atoms with E-state index in [1.807, 2.05) is 10.9 Å². The lowest BCUT2D eigenvalue weighted by Gasteiger charge is -2.32. The number of benzene rings is 1. The molecule has 0 amide bonds. The van der Waals surface area contributed by atoms with E-state index >= 15 is 0 Å². The molecule has 1 fully saturated rings. The second kappa shape index (κ2) is 7.23. The summed E-state index contributed by atoms with van der Waals surface area (Å²) in [6, 6.07) is 6.24. The van der Waals surface area contributed by atoms with Gasteiger partial charge in [0.25, 0.3) is 0 Å². The quantitative estimate of drug-likeness (QED) is 0.922. The Morgan fingerprint density at radius 2 is 2.13 bits per heavy atom. The zero-order valence-corrected chi connectivity index (χ0v) is 13.5. The first kappa shape index (κ1) is 16.1. The number of β-amino-alcohol motifs (C(OH)–C–C–N with tert-alkyl or cyclic N) is 1. The van der Waals surface area contributed by atoms with E-state index in [-0.39, 0.29) is 5.82 Å². The molecule has 0 radical (unpaired) electrons. The van der Waals surface area contributed by atoms with Crippen molar-refractivity contribution in [3.63, 3.8) is 0 Å². The molecule has 4 nitrogen and oxygen atoms in total. The Balaban J connectivity index is 1.52. The number of likely N-dealkylation sites (tertiary alicyclic amines) is 1. The van der Waals surface area contributed by atoms with Gasteiger partial charge in [0.1, 0.15) is 5.82 Å². The Morgan fingerprint density at radius 1 is 1.35 bits per heavy atom. The molecule has 124 valence electrons. The van der Waals surface area contributed by atoms with Crippen LogP contribution in [0.15, 0.2) is 36.7 Å². The number of aliphatic hydroxyl groups is 1. The highest BCUT2D eigenvalue weighted by Gasteiger charge is 2.23. The van der Waals surface area contributed by atoms with Crippen molar-refractivity contribution in [3.8, 4) is 0 Å². The number of hydrogen-bond acceptors (Lipinski definition) is 3. The van der Waals surface area contributed by atoms with Gasteiger partial charge in [0.15, 0.2) is 0 Å². The maximum absolute atomic E-state index is 13.2. The molecule has 0 spiro atoms. The van der Waals surface area contributed by atoms with Crippen LogP contribution in [-0.4, -0.2) is 39.4 Å². The summed E-state index contributed by atoms with van der Waals surface area (Å²) in [7, 11) is 0. The molecule has 0 bridgehead atoms. The summed E-state index contributed by atoms with van der Waals surface area (Å²) in [6.45, 7) is 5.46. The second-order valence-corrected chi connectivity index (χ2v) is 6.28. The maximum atomic E-state index is 13.2. The summed E-state index contributed by atoms with van der Waals surface area (Å²) < 4.78 is 15.2. The molecule has 1 aliphatic rings. The number of piperidine rings is 1. The van der Waals surface area contributed by atoms with Crippen LogP contribution in [0.2, 0.25) is 0 Å². The van der Waals surface area contributed by atoms with Gasteiger partial charge in [-0.2, -0.15) is 5.10 Å². The number of nitrogens with zero attached hydrogens (tertiary/aromatic N) is 3. The van der Waals surface area contributed by atoms with Crippen LogP contribution >= 0.6 is 0 Å². The number of aliphatic hydroxyl groups excluding tert-OH is 1. The average molecular weight is 317 g/mol. The molecule has 1 saturated heterocycles. The molecule has 0 aliphatic carbocycles. The van der Waals surface area contributed by atoms with Crippen LogP contribution in [0.3, 0.4) is 0 Å². The van der Waals surface area contributed by atoms with Crippen LogP contribution in [0, 0.1) is 5.82 Å². The number of rotatable bonds is 5. The maximum Gasteiger partial charge on any atom is 0.123 e. The van der Waals surface area contributed by atoms with Gasteiger partial charge < -0.3 is 10.0 Å². The van der Waals surface area contributed by atoms with E-state index in [1.54, 1.807) is 12.1 Å². The van der Waals surface area contributed by atoms with Crippen LogP contribution < -0.4 is 0 Å². The van der Waals surface area contributed by atoms with Gasteiger partial charge in [-0.3, -0.25) is 4.68 Å². The molecule has 23 heavy (non-hydrogen) atoms. The Kier molecular flexibility index (Phi) is 5.08. The fourth-order valence-corrected chi connectivity index (χ4v) is 3.28. The second-order valence-electron chi connectivity index (χ2n) is 6.28. The van der Waals surface area contributed by atoms with Crippen molar-refractivity contribution in [2.24, 2.45) is 0 Å². The standard InChI is InChI=1S/C18H24FN3O/c1-2-22-12-16(11-20-22)14-6-8-21(9-7-14)13-18(23)15-4-3-5-17(19)10-15/h3-5,10-12,14,18,23H,2,6-9,13H2,1H3/t18-/m1/s1. The topological polar surface area (TPSA) is 41.3 Å². The van der Waals surface area contributed by atoms with Gasteiger partial charge >= 0.3 is 0 Å². The molecule has 1 aromatic carbocycles. The van der Waals surface area contributed by atoms with Gasteiger partial charge in [-0.05, 0) is 62.0 Å². The third kappa shape index (κ3) is 3.98. The zero-order valence-electron chi connectivity index (χ0n) is 13.5. The minimum atomic E-state index is -0.634. The van der Waals surface area contributed by atoms with Crippen LogP contribution in [0.1, 0.15) is 42.9 Å². The van der Waals surface area contributed by atoms with Gasteiger partial charge in [0.05, 0.1) is 12.3 Å². The lowest BCUT2D eigenvalue weighted by Crippen LogP contribution is -2.36. The molecular weight excluding hydrogens is 293 g/mol. The van der Waals surface area contributed by atoms with E-state index < -0.39 is 6.10 Å². The highest BCUT2D eigenvalue weighted by Crippen LogP contribution is 2.28. The first-order valence-corrected chi connectivity index (χ1v) is 8.34. The number of aryl methyl sites for hydroxylation is 1. The molecule has 3 rings (SSSR count). The minimum Gasteiger partial charge on any atom is -0.387 e. The van der Waals surface area contributed by atoms with Crippen LogP contribution in [0.4, 0.5) is 4.39 Å². The molecule has 0 unspecified atom stereocenters. The fraction of sp³-hybridized carbons (Fsp3) is 0.500. The number of hydrogen-bond donors (Lipinski definition) is 1. The largest absolute Gasteiger partial charge is 0.387 e. The predicted octanol–water partition coefficient (Wildman–Crippen LogP) is 2.96. The molecule has 2 aromatic rings. The minimum absolute atomic E-state index is 0.298. The lowest BCUT2D eigenvalue weighted by atomic mass is 9.91. The molecule has 1 aromatic heterocycles. The Hall–Kier alpha value is -1.72. The summed E-state index contributed by atoms with van der Waals surface area (Å²) in [5.74, 6) is 0.256. The molecule has 0 saturated carbocycles. The molecule has 1 aliphatic heterocycles. The summed E-state index contributed by atoms with van der Waals surface area (Å²) >= 11 is 0. The highest BCUT2D eigenvalue weighted by molar-refractivity contribution is 5.19. The first-order chi connectivity index (χ1) is 11.2. The monoisotopic (exact) mass is 317 g/mol. The predicted molar refractivity (Wildman–Crippen MR) is 87.7 cm³/mol. The average Bonchev–Trinajstić information content (AvgIpc) is 3.04. The van der Waals surface area contributed by atoms with Gasteiger partial charge in [0, 0.05) is 19.3 Å². The summed E-state index contributed by atoms with van der Waals surface area (Å²) in [6.07, 6.45) is 5.63. The highest BCUT2D eigenvalue weighted by atomic mass is 19.1. The lowest BCUT2D eigenvalue weighted by molar-refractivity contribution is 0.0970. The molecule has 5 heteroatoms. The van der Waals surface area contributed by atoms with E-state index in [9.17, 15) is 9.50 Å². The smallest absolute Gasteiger partial charge is 0.123 e. The normalized spacial score (nSPS) is 18.2. The van der Waals surface area contributed by atoms with Crippen LogP contribution in [0.5, 0.6) is 0 Å². The Bertz CT molecular complexity index is 635. The van der Waals surface area contributed by atoms with Crippen molar-refractivity contribution >= 4 is 0 Å². The van der Waals surface area contributed by atoms with Crippen molar-refractivity contribution in [2.75, 3.05) is 19.6 Å². The van der Waals surface area contributed by atoms with E-state index in [0.717, 1.165) is 32.5 Å². The summed E-state index contributed by atoms with van der Waals surface area (Å²) in [5.41, 5.74) is 1.97.